The van der Waals surface area contributed by atoms with Crippen LogP contribution in [-0.2, 0) is 65.4 Å². The summed E-state index contributed by atoms with van der Waals surface area (Å²) in [7, 11) is -9.93. The van der Waals surface area contributed by atoms with E-state index in [2.05, 4.69) is 48.5 Å². The van der Waals surface area contributed by atoms with E-state index in [1.807, 2.05) is 0 Å². The third kappa shape index (κ3) is 79.9. The second-order valence-corrected chi connectivity index (χ2v) is 35.3. The molecule has 0 spiro atoms. The van der Waals surface area contributed by atoms with Crippen molar-refractivity contribution in [2.24, 2.45) is 17.8 Å². The zero-order valence-electron chi connectivity index (χ0n) is 69.2. The lowest BCUT2D eigenvalue weighted by Crippen LogP contribution is -2.30. The van der Waals surface area contributed by atoms with Gasteiger partial charge in [-0.15, -0.1) is 0 Å². The largest absolute Gasteiger partial charge is 0.472 e. The number of hydrogen-bond donors (Lipinski definition) is 3. The third-order valence-electron chi connectivity index (χ3n) is 20.1. The number of esters is 4. The van der Waals surface area contributed by atoms with Crippen LogP contribution in [0.2, 0.25) is 0 Å². The van der Waals surface area contributed by atoms with Crippen molar-refractivity contribution in [1.29, 1.82) is 0 Å². The molecule has 624 valence electrons. The van der Waals surface area contributed by atoms with E-state index < -0.39 is 97.5 Å². The maximum absolute atomic E-state index is 13.1. The summed E-state index contributed by atoms with van der Waals surface area (Å²) in [5.74, 6) is 0.249. The van der Waals surface area contributed by atoms with Crippen LogP contribution >= 0.6 is 15.6 Å². The first-order valence-corrected chi connectivity index (χ1v) is 47.3. The fraction of sp³-hybridized carbons (Fsp3) is 0.953. The second kappa shape index (κ2) is 76.1. The number of hydrogen-bond acceptors (Lipinski definition) is 15. The molecule has 0 aliphatic rings. The summed E-state index contributed by atoms with van der Waals surface area (Å²) in [6.07, 6.45) is 66.6. The predicted molar refractivity (Wildman–Crippen MR) is 432 cm³/mol. The van der Waals surface area contributed by atoms with Gasteiger partial charge >= 0.3 is 39.5 Å². The number of aliphatic hydroxyl groups is 1. The van der Waals surface area contributed by atoms with Crippen LogP contribution in [0.5, 0.6) is 0 Å². The summed E-state index contributed by atoms with van der Waals surface area (Å²) < 4.78 is 68.9. The van der Waals surface area contributed by atoms with Crippen molar-refractivity contribution in [3.8, 4) is 0 Å². The van der Waals surface area contributed by atoms with Gasteiger partial charge in [0.1, 0.15) is 19.3 Å². The molecule has 0 saturated heterocycles. The Morgan fingerprint density at radius 2 is 0.438 bits per heavy atom. The van der Waals surface area contributed by atoms with Crippen LogP contribution < -0.4 is 0 Å². The molecule has 105 heavy (non-hydrogen) atoms. The Bertz CT molecular complexity index is 2030. The van der Waals surface area contributed by atoms with Gasteiger partial charge in [-0.1, -0.05) is 402 Å². The standard InChI is InChI=1S/C86H168O17P2/c1-8-9-10-11-12-13-14-15-16-17-21-28-33-40-48-55-62-69-86(91)103-82(74-97-84(89)68-61-54-47-42-35-38-45-52-59-66-79(6)7)76-101-105(94,95)99-72-80(87)71-98-104(92,93)100-75-81(73-96-83(88)67-60-53-46-39-32-27-24-23-26-31-37-44-51-58-65-78(4)5)102-85(90)70-63-56-49-41-34-29-22-19-18-20-25-30-36-43-50-57-64-77(2)3/h77-82,87H,8-76H2,1-7H3,(H,92,93)(H,94,95)/t80-,81-,82-/m1/s1. The molecule has 0 aromatic carbocycles. The van der Waals surface area contributed by atoms with Crippen LogP contribution in [0.1, 0.15) is 453 Å². The van der Waals surface area contributed by atoms with Gasteiger partial charge < -0.3 is 33.8 Å². The van der Waals surface area contributed by atoms with Crippen LogP contribution in [0.25, 0.3) is 0 Å². The van der Waals surface area contributed by atoms with Crippen molar-refractivity contribution in [3.63, 3.8) is 0 Å². The highest BCUT2D eigenvalue weighted by molar-refractivity contribution is 7.47. The van der Waals surface area contributed by atoms with Gasteiger partial charge in [-0.05, 0) is 43.4 Å². The fourth-order valence-electron chi connectivity index (χ4n) is 13.4. The Morgan fingerprint density at radius 1 is 0.257 bits per heavy atom. The molecule has 0 aromatic heterocycles. The smallest absolute Gasteiger partial charge is 0.462 e. The van der Waals surface area contributed by atoms with E-state index in [1.165, 1.54) is 263 Å². The zero-order valence-corrected chi connectivity index (χ0v) is 71.0. The number of aliphatic hydroxyl groups excluding tert-OH is 1. The highest BCUT2D eigenvalue weighted by atomic mass is 31.2. The first-order chi connectivity index (χ1) is 50.7. The lowest BCUT2D eigenvalue weighted by atomic mass is 10.0. The molecule has 0 aromatic rings. The summed E-state index contributed by atoms with van der Waals surface area (Å²) >= 11 is 0. The number of carbonyl (C=O) groups excluding carboxylic acids is 4. The third-order valence-corrected chi connectivity index (χ3v) is 22.0. The van der Waals surface area contributed by atoms with Gasteiger partial charge in [-0.2, -0.15) is 0 Å². The van der Waals surface area contributed by atoms with Gasteiger partial charge in [0.2, 0.25) is 0 Å². The molecule has 0 saturated carbocycles. The molecule has 17 nitrogen and oxygen atoms in total. The van der Waals surface area contributed by atoms with Crippen LogP contribution in [0.4, 0.5) is 0 Å². The Morgan fingerprint density at radius 3 is 0.648 bits per heavy atom. The molecule has 0 rings (SSSR count). The van der Waals surface area contributed by atoms with E-state index in [9.17, 15) is 43.2 Å². The van der Waals surface area contributed by atoms with Gasteiger partial charge in [-0.25, -0.2) is 9.13 Å². The highest BCUT2D eigenvalue weighted by Crippen LogP contribution is 2.45. The lowest BCUT2D eigenvalue weighted by molar-refractivity contribution is -0.161. The topological polar surface area (TPSA) is 237 Å². The number of carbonyl (C=O) groups is 4. The van der Waals surface area contributed by atoms with E-state index in [1.54, 1.807) is 0 Å². The van der Waals surface area contributed by atoms with E-state index in [-0.39, 0.29) is 25.7 Å². The number of ether oxygens (including phenoxy) is 4. The van der Waals surface area contributed by atoms with E-state index in [4.69, 9.17) is 37.0 Å². The monoisotopic (exact) mass is 1540 g/mol. The minimum Gasteiger partial charge on any atom is -0.462 e. The maximum atomic E-state index is 13.1. The van der Waals surface area contributed by atoms with E-state index in [0.717, 1.165) is 108 Å². The average molecular weight is 1540 g/mol. The molecule has 0 aliphatic heterocycles. The van der Waals surface area contributed by atoms with Crippen molar-refractivity contribution in [2.45, 2.75) is 471 Å². The summed E-state index contributed by atoms with van der Waals surface area (Å²) in [5, 5.41) is 10.7. The molecule has 0 heterocycles. The number of phosphoric ester groups is 2. The van der Waals surface area contributed by atoms with Crippen LogP contribution in [0.15, 0.2) is 0 Å². The van der Waals surface area contributed by atoms with Gasteiger partial charge in [0.05, 0.1) is 26.4 Å². The molecule has 5 atom stereocenters. The lowest BCUT2D eigenvalue weighted by Gasteiger charge is -2.21. The normalized spacial score (nSPS) is 13.9. The summed E-state index contributed by atoms with van der Waals surface area (Å²) in [6.45, 7) is 12.0. The highest BCUT2D eigenvalue weighted by Gasteiger charge is 2.30. The molecular weight excluding hydrogens is 1370 g/mol. The quantitative estimate of drug-likeness (QED) is 0.0222. The molecule has 19 heteroatoms. The fourth-order valence-corrected chi connectivity index (χ4v) is 14.9. The first-order valence-electron chi connectivity index (χ1n) is 44.3. The van der Waals surface area contributed by atoms with Gasteiger partial charge in [0.15, 0.2) is 12.2 Å². The molecule has 0 aliphatic carbocycles. The zero-order chi connectivity index (χ0) is 77.2. The Hall–Kier alpha value is -1.94. The Kier molecular flexibility index (Phi) is 74.7. The van der Waals surface area contributed by atoms with E-state index >= 15 is 0 Å². The first kappa shape index (κ1) is 103. The molecule has 0 amide bonds. The minimum absolute atomic E-state index is 0.108. The molecule has 0 radical (unpaired) electrons. The molecule has 3 N–H and O–H groups in total. The molecule has 2 unspecified atom stereocenters. The number of phosphoric acid groups is 2. The summed E-state index contributed by atoms with van der Waals surface area (Å²) in [6, 6.07) is 0. The van der Waals surface area contributed by atoms with Crippen molar-refractivity contribution in [1.82, 2.24) is 0 Å². The average Bonchev–Trinajstić information content (AvgIpc) is 0.966. The molecular formula is C86H168O17P2. The van der Waals surface area contributed by atoms with Gasteiger partial charge in [-0.3, -0.25) is 37.3 Å². The number of rotatable bonds is 84. The Labute approximate surface area is 645 Å². The van der Waals surface area contributed by atoms with Crippen LogP contribution in [0, 0.1) is 17.8 Å². The van der Waals surface area contributed by atoms with Crippen LogP contribution in [-0.4, -0.2) is 96.7 Å². The van der Waals surface area contributed by atoms with Crippen molar-refractivity contribution in [2.75, 3.05) is 39.6 Å². The van der Waals surface area contributed by atoms with Crippen LogP contribution in [0.3, 0.4) is 0 Å². The van der Waals surface area contributed by atoms with Crippen molar-refractivity contribution in [3.05, 3.63) is 0 Å². The SMILES string of the molecule is CCCCCCCCCCCCCCCCCCCC(=O)O[C@H](COC(=O)CCCCCCCCCCCC(C)C)COP(=O)(O)OC[C@H](O)COP(=O)(O)OC[C@@H](COC(=O)CCCCCCCCCCCCCCCCC(C)C)OC(=O)CCCCCCCCCCCCCCCCCCC(C)C. The second-order valence-electron chi connectivity index (χ2n) is 32.4. The number of unbranched alkanes of at least 4 members (excludes halogenated alkanes) is 52. The summed E-state index contributed by atoms with van der Waals surface area (Å²) in [5.41, 5.74) is 0. The van der Waals surface area contributed by atoms with Crippen molar-refractivity contribution >= 4 is 39.5 Å². The van der Waals surface area contributed by atoms with E-state index in [0.29, 0.717) is 25.7 Å². The Balaban J connectivity index is 5.26. The molecule has 0 fully saturated rings. The molecule has 0 bridgehead atoms. The maximum Gasteiger partial charge on any atom is 0.472 e. The summed E-state index contributed by atoms with van der Waals surface area (Å²) in [4.78, 5) is 73.3. The minimum atomic E-state index is -4.97. The van der Waals surface area contributed by atoms with Crippen molar-refractivity contribution < 1.29 is 80.2 Å². The predicted octanol–water partition coefficient (Wildman–Crippen LogP) is 26.1. The van der Waals surface area contributed by atoms with Gasteiger partial charge in [0, 0.05) is 25.7 Å². The van der Waals surface area contributed by atoms with Gasteiger partial charge in [0.25, 0.3) is 0 Å².